The monoisotopic (exact) mass is 679 g/mol. The van der Waals surface area contributed by atoms with Crippen molar-refractivity contribution in [3.8, 4) is 0 Å². The van der Waals surface area contributed by atoms with Crippen LogP contribution in [0.3, 0.4) is 0 Å². The zero-order chi connectivity index (χ0) is 36.3. The van der Waals surface area contributed by atoms with E-state index in [4.69, 9.17) is 9.47 Å². The Bertz CT molecular complexity index is 1040. The van der Waals surface area contributed by atoms with Gasteiger partial charge in [0.15, 0.2) is 0 Å². The third-order valence-corrected chi connectivity index (χ3v) is 5.91. The first-order chi connectivity index (χ1) is 20.6. The Morgan fingerprint density at radius 3 is 1.80 bits per heavy atom. The normalized spacial score (nSPS) is 15.3. The minimum absolute atomic E-state index is 0.0619. The number of ether oxygens (including phenoxy) is 3. The van der Waals surface area contributed by atoms with Gasteiger partial charge in [-0.15, -0.1) is 0 Å². The van der Waals surface area contributed by atoms with Crippen LogP contribution in [0.2, 0.25) is 0 Å². The Balaban J connectivity index is 5.93. The molecule has 0 saturated heterocycles. The number of nitrogens with zero attached hydrogens (tertiary/aromatic N) is 1. The van der Waals surface area contributed by atoms with Crippen molar-refractivity contribution >= 4 is 29.7 Å². The molecule has 46 heavy (non-hydrogen) atoms. The number of aliphatic imine (C=N–C) groups is 1. The van der Waals surface area contributed by atoms with Crippen LogP contribution in [0.15, 0.2) is 4.99 Å². The molecule has 3 amide bonds. The zero-order valence-electron chi connectivity index (χ0n) is 27.6. The number of alkyl carbamates (subject to hydrolysis) is 1. The summed E-state index contributed by atoms with van der Waals surface area (Å²) in [7, 11) is 0. The molecule has 11 nitrogen and oxygen atoms in total. The quantitative estimate of drug-likeness (QED) is 0.0874. The van der Waals surface area contributed by atoms with Gasteiger partial charge in [-0.3, -0.25) is 10.1 Å². The highest BCUT2D eigenvalue weighted by atomic mass is 19.4. The maximum Gasteiger partial charge on any atom is 0.435 e. The summed E-state index contributed by atoms with van der Waals surface area (Å²) < 4.78 is 92.2. The van der Waals surface area contributed by atoms with Crippen molar-refractivity contribution in [1.29, 1.82) is 0 Å². The fourth-order valence-corrected chi connectivity index (χ4v) is 3.90. The number of aliphatic hydroxyl groups is 1. The number of alkyl halides is 6. The molecular weight excluding hydrogens is 632 g/mol. The Morgan fingerprint density at radius 2 is 1.37 bits per heavy atom. The van der Waals surface area contributed by atoms with Crippen LogP contribution in [-0.4, -0.2) is 83.2 Å². The summed E-state index contributed by atoms with van der Waals surface area (Å²) in [5.74, 6) is -2.49. The molecule has 0 heterocycles. The number of Topliss-reactive ketones (excluding diaryl/α,β-unsaturated/α-hetero) is 1. The van der Waals surface area contributed by atoms with Gasteiger partial charge in [-0.1, -0.05) is 20.3 Å². The number of aliphatic hydroxyl groups excluding tert-OH is 1. The number of unbranched alkanes of at least 4 members (excludes halogenated alkanes) is 1. The van der Waals surface area contributed by atoms with Crippen LogP contribution in [-0.2, 0) is 23.8 Å². The second-order valence-electron chi connectivity index (χ2n) is 13.1. The largest absolute Gasteiger partial charge is 0.444 e. The first kappa shape index (κ1) is 43.0. The number of ketones is 1. The maximum atomic E-state index is 13.0. The molecule has 0 fully saturated rings. The average Bonchev–Trinajstić information content (AvgIpc) is 2.79. The van der Waals surface area contributed by atoms with E-state index in [-0.39, 0.29) is 49.6 Å². The molecule has 17 heteroatoms. The molecule has 3 N–H and O–H groups in total. The highest BCUT2D eigenvalue weighted by Crippen LogP contribution is 2.35. The highest BCUT2D eigenvalue weighted by molar-refractivity contribution is 6.00. The predicted molar refractivity (Wildman–Crippen MR) is 155 cm³/mol. The summed E-state index contributed by atoms with van der Waals surface area (Å²) >= 11 is 0. The topological polar surface area (TPSA) is 153 Å². The molecular formula is C29H47F6N3O8. The van der Waals surface area contributed by atoms with Crippen LogP contribution in [0, 0.1) is 11.8 Å². The van der Waals surface area contributed by atoms with Crippen LogP contribution in [0.25, 0.3) is 0 Å². The molecule has 0 aliphatic rings. The second kappa shape index (κ2) is 17.8. The van der Waals surface area contributed by atoms with E-state index in [9.17, 15) is 50.6 Å². The Hall–Kier alpha value is -2.95. The molecule has 0 saturated carbocycles. The van der Waals surface area contributed by atoms with Crippen molar-refractivity contribution in [1.82, 2.24) is 10.6 Å². The molecule has 268 valence electrons. The summed E-state index contributed by atoms with van der Waals surface area (Å²) in [6.45, 7) is 12.7. The molecule has 1 unspecified atom stereocenters. The Morgan fingerprint density at radius 1 is 0.848 bits per heavy atom. The lowest BCUT2D eigenvalue weighted by Gasteiger charge is -2.29. The number of amides is 3. The molecule has 0 aromatic carbocycles. The molecule has 0 aromatic rings. The number of hydrogen-bond acceptors (Lipinski definition) is 8. The number of halogens is 6. The van der Waals surface area contributed by atoms with Gasteiger partial charge in [0.1, 0.15) is 22.8 Å². The van der Waals surface area contributed by atoms with E-state index >= 15 is 0 Å². The fraction of sp³-hybridized carbons (Fsp3) is 0.828. The molecule has 0 aliphatic heterocycles. The van der Waals surface area contributed by atoms with Crippen molar-refractivity contribution in [2.24, 2.45) is 16.8 Å². The molecule has 3 atom stereocenters. The van der Waals surface area contributed by atoms with Crippen molar-refractivity contribution in [2.75, 3.05) is 6.61 Å². The van der Waals surface area contributed by atoms with E-state index < -0.39 is 72.4 Å². The standard InChI is InChI=1S/C29H47F6N3O8/c1-16(2)18(14-17(3)39)22(41)36-19(20(40)15-44-23(28(30,31)32)29(33,34)35)12-10-11-13-21(37-24(42)45-26(4,5)6)38-25(43)46-27(7,8)9/h16,18-20,23,40H,10-15H2,1-9H3,(H,36,41)(H,37,38,42,43)/t18-,19-,20?/m0/s1. The van der Waals surface area contributed by atoms with Crippen LogP contribution < -0.4 is 10.6 Å². The third-order valence-electron chi connectivity index (χ3n) is 5.91. The van der Waals surface area contributed by atoms with Gasteiger partial charge < -0.3 is 29.4 Å². The van der Waals surface area contributed by atoms with E-state index in [1.807, 2.05) is 0 Å². The number of rotatable bonds is 14. The second-order valence-corrected chi connectivity index (χ2v) is 13.1. The van der Waals surface area contributed by atoms with Gasteiger partial charge in [0.2, 0.25) is 12.0 Å². The van der Waals surface area contributed by atoms with Gasteiger partial charge in [-0.25, -0.2) is 9.59 Å². The highest BCUT2D eigenvalue weighted by Gasteiger charge is 2.58. The summed E-state index contributed by atoms with van der Waals surface area (Å²) in [4.78, 5) is 53.0. The minimum atomic E-state index is -5.81. The summed E-state index contributed by atoms with van der Waals surface area (Å²) in [6.07, 6.45) is -20.1. The van der Waals surface area contributed by atoms with Gasteiger partial charge in [0.05, 0.1) is 18.8 Å². The van der Waals surface area contributed by atoms with Gasteiger partial charge in [-0.2, -0.15) is 31.3 Å². The molecule has 0 spiro atoms. The molecule has 0 radical (unpaired) electrons. The average molecular weight is 680 g/mol. The molecule has 0 bridgehead atoms. The van der Waals surface area contributed by atoms with Gasteiger partial charge in [-0.05, 0) is 67.2 Å². The van der Waals surface area contributed by atoms with Crippen molar-refractivity contribution < 1.29 is 64.8 Å². The minimum Gasteiger partial charge on any atom is -0.444 e. The van der Waals surface area contributed by atoms with Gasteiger partial charge in [0, 0.05) is 18.8 Å². The van der Waals surface area contributed by atoms with Crippen LogP contribution in [0.1, 0.15) is 94.4 Å². The summed E-state index contributed by atoms with van der Waals surface area (Å²) in [5.41, 5.74) is -1.80. The number of carbonyl (C=O) groups excluding carboxylic acids is 4. The van der Waals surface area contributed by atoms with Crippen molar-refractivity contribution in [2.45, 2.75) is 136 Å². The molecule has 0 rings (SSSR count). The van der Waals surface area contributed by atoms with E-state index in [1.165, 1.54) is 6.92 Å². The number of nitrogens with one attached hydrogen (secondary N) is 2. The first-order valence-corrected chi connectivity index (χ1v) is 14.7. The Labute approximate surface area is 265 Å². The van der Waals surface area contributed by atoms with Gasteiger partial charge >= 0.3 is 24.5 Å². The van der Waals surface area contributed by atoms with Crippen LogP contribution in [0.4, 0.5) is 35.9 Å². The van der Waals surface area contributed by atoms with Crippen molar-refractivity contribution in [3.05, 3.63) is 0 Å². The zero-order valence-corrected chi connectivity index (χ0v) is 27.6. The van der Waals surface area contributed by atoms with Crippen molar-refractivity contribution in [3.63, 3.8) is 0 Å². The number of hydrogen-bond donors (Lipinski definition) is 3. The van der Waals surface area contributed by atoms with E-state index in [0.717, 1.165) is 0 Å². The number of carbonyl (C=O) groups is 4. The maximum absolute atomic E-state index is 13.0. The molecule has 0 aliphatic carbocycles. The lowest BCUT2D eigenvalue weighted by molar-refractivity contribution is -0.325. The number of amidine groups is 1. The first-order valence-electron chi connectivity index (χ1n) is 14.7. The summed E-state index contributed by atoms with van der Waals surface area (Å²) in [5, 5.41) is 15.4. The van der Waals surface area contributed by atoms with E-state index in [1.54, 1.807) is 55.4 Å². The SMILES string of the molecule is CC(=O)C[C@H](C(=O)N[C@@H](CCCCC(=NC(=O)OC(C)(C)C)NC(=O)OC(C)(C)C)C(O)COC(C(F)(F)F)C(F)(F)F)C(C)C. The Kier molecular flexibility index (Phi) is 16.7. The van der Waals surface area contributed by atoms with Crippen LogP contribution >= 0.6 is 0 Å². The van der Waals surface area contributed by atoms with Gasteiger partial charge in [0.25, 0.3) is 0 Å². The lowest BCUT2D eigenvalue weighted by atomic mass is 9.89. The third kappa shape index (κ3) is 18.9. The smallest absolute Gasteiger partial charge is 0.435 e. The fourth-order valence-electron chi connectivity index (χ4n) is 3.90. The molecule has 0 aromatic heterocycles. The lowest BCUT2D eigenvalue weighted by Crippen LogP contribution is -2.51. The predicted octanol–water partition coefficient (Wildman–Crippen LogP) is 6.01. The van der Waals surface area contributed by atoms with E-state index in [2.05, 4.69) is 20.4 Å². The van der Waals surface area contributed by atoms with E-state index in [0.29, 0.717) is 0 Å². The van der Waals surface area contributed by atoms with Crippen LogP contribution in [0.5, 0.6) is 0 Å². The summed E-state index contributed by atoms with van der Waals surface area (Å²) in [6, 6.07) is -1.40.